The molecule has 1 aliphatic heterocycles. The highest BCUT2D eigenvalue weighted by Crippen LogP contribution is 2.42. The predicted octanol–water partition coefficient (Wildman–Crippen LogP) is 6.45. The number of carboxylic acids is 1. The number of carbonyl (C=O) groups excluding carboxylic acids is 2. The molecule has 0 spiro atoms. The van der Waals surface area contributed by atoms with E-state index in [0.717, 1.165) is 50.8 Å². The Balaban J connectivity index is 1.18. The van der Waals surface area contributed by atoms with E-state index in [-0.39, 0.29) is 35.6 Å². The molecule has 0 bridgehead atoms. The van der Waals surface area contributed by atoms with Gasteiger partial charge in [-0.15, -0.1) is 0 Å². The van der Waals surface area contributed by atoms with Gasteiger partial charge in [0.15, 0.2) is 0 Å². The molecule has 0 aromatic carbocycles. The van der Waals surface area contributed by atoms with Crippen molar-refractivity contribution in [1.29, 1.82) is 0 Å². The minimum absolute atomic E-state index is 0.0140. The molecular weight excluding hydrogens is 502 g/mol. The number of amidine groups is 1. The Kier molecular flexibility index (Phi) is 9.38. The van der Waals surface area contributed by atoms with Crippen molar-refractivity contribution >= 4 is 23.5 Å². The maximum absolute atomic E-state index is 13.9. The van der Waals surface area contributed by atoms with Crippen molar-refractivity contribution in [3.05, 3.63) is 0 Å². The first-order chi connectivity index (χ1) is 18.8. The smallest absolute Gasteiger partial charge is 0.306 e. The third-order valence-corrected chi connectivity index (χ3v) is 10.5. The largest absolute Gasteiger partial charge is 0.481 e. The van der Waals surface area contributed by atoms with E-state index in [9.17, 15) is 28.3 Å². The molecule has 5 aliphatic rings. The summed E-state index contributed by atoms with van der Waals surface area (Å²) in [4.78, 5) is 44.8. The summed E-state index contributed by atoms with van der Waals surface area (Å²) in [6.07, 6.45) is 11.1. The number of aliphatic carboxylic acids is 1. The maximum Gasteiger partial charge on any atom is 0.306 e. The van der Waals surface area contributed by atoms with Gasteiger partial charge in [0, 0.05) is 25.3 Å². The van der Waals surface area contributed by atoms with E-state index >= 15 is 0 Å². The summed E-state index contributed by atoms with van der Waals surface area (Å²) in [7, 11) is 0. The molecule has 4 saturated carbocycles. The average Bonchev–Trinajstić information content (AvgIpc) is 2.88. The van der Waals surface area contributed by atoms with E-state index in [1.807, 2.05) is 4.90 Å². The summed E-state index contributed by atoms with van der Waals surface area (Å²) in [6, 6.07) is -0.0386. The van der Waals surface area contributed by atoms with Crippen LogP contribution in [-0.2, 0) is 14.4 Å². The van der Waals surface area contributed by atoms with Gasteiger partial charge in [-0.05, 0) is 114 Å². The Hall–Kier alpha value is -1.86. The van der Waals surface area contributed by atoms with Gasteiger partial charge in [-0.1, -0.05) is 0 Å². The van der Waals surface area contributed by atoms with Crippen LogP contribution in [0.5, 0.6) is 0 Å². The summed E-state index contributed by atoms with van der Waals surface area (Å²) in [6.45, 7) is 0. The molecule has 6 nitrogen and oxygen atoms in total. The highest BCUT2D eigenvalue weighted by Gasteiger charge is 2.45. The molecule has 39 heavy (non-hydrogen) atoms. The zero-order valence-electron chi connectivity index (χ0n) is 23.2. The second-order valence-corrected chi connectivity index (χ2v) is 13.3. The third kappa shape index (κ3) is 7.08. The Labute approximate surface area is 231 Å². The van der Waals surface area contributed by atoms with Crippen LogP contribution in [-0.4, -0.2) is 57.9 Å². The maximum atomic E-state index is 13.9. The number of alkyl halides is 2. The molecule has 1 amide bonds. The lowest BCUT2D eigenvalue weighted by Gasteiger charge is -2.45. The quantitative estimate of drug-likeness (QED) is 0.340. The molecule has 218 valence electrons. The zero-order valence-corrected chi connectivity index (χ0v) is 23.2. The Bertz CT molecular complexity index is 920. The van der Waals surface area contributed by atoms with Gasteiger partial charge in [0.25, 0.3) is 0 Å². The molecule has 3 unspecified atom stereocenters. The molecule has 5 rings (SSSR count). The number of fused-ring (bicyclic) bond motifs is 1. The van der Waals surface area contributed by atoms with E-state index in [2.05, 4.69) is 0 Å². The topological polar surface area (TPSA) is 87.0 Å². The number of Topliss-reactive ketones (excluding diaryl/α,β-unsaturated/α-hetero) is 1. The number of carboxylic acid groups (broad SMARTS) is 1. The highest BCUT2D eigenvalue weighted by molar-refractivity contribution is 6.02. The summed E-state index contributed by atoms with van der Waals surface area (Å²) < 4.78 is 27.3. The first kappa shape index (κ1) is 28.7. The van der Waals surface area contributed by atoms with Crippen LogP contribution < -0.4 is 0 Å². The third-order valence-electron chi connectivity index (χ3n) is 10.5. The van der Waals surface area contributed by atoms with Crippen molar-refractivity contribution in [3.63, 3.8) is 0 Å². The van der Waals surface area contributed by atoms with Gasteiger partial charge in [-0.2, -0.15) is 0 Å². The Morgan fingerprint density at radius 2 is 1.46 bits per heavy atom. The number of aliphatic imine (C=N–C) groups is 1. The molecule has 0 aromatic heterocycles. The van der Waals surface area contributed by atoms with Crippen molar-refractivity contribution in [2.45, 2.75) is 140 Å². The van der Waals surface area contributed by atoms with Crippen LogP contribution in [0.15, 0.2) is 4.99 Å². The van der Waals surface area contributed by atoms with Crippen LogP contribution >= 0.6 is 0 Å². The van der Waals surface area contributed by atoms with Gasteiger partial charge in [0.05, 0.1) is 17.9 Å². The number of rotatable bonds is 10. The number of hydrogen-bond donors (Lipinski definition) is 1. The van der Waals surface area contributed by atoms with Crippen molar-refractivity contribution in [2.24, 2.45) is 34.6 Å². The number of hydrogen-bond acceptors (Lipinski definition) is 4. The van der Waals surface area contributed by atoms with Gasteiger partial charge in [-0.3, -0.25) is 24.3 Å². The van der Waals surface area contributed by atoms with Crippen LogP contribution in [0.2, 0.25) is 0 Å². The van der Waals surface area contributed by atoms with Gasteiger partial charge in [0.2, 0.25) is 5.91 Å². The van der Waals surface area contributed by atoms with Crippen LogP contribution in [0.1, 0.15) is 116 Å². The second-order valence-electron chi connectivity index (χ2n) is 13.3. The number of amides is 1. The number of halogens is 2. The van der Waals surface area contributed by atoms with E-state index in [1.54, 1.807) is 0 Å². The van der Waals surface area contributed by atoms with E-state index in [1.165, 1.54) is 0 Å². The highest BCUT2D eigenvalue weighted by atomic mass is 19.1. The summed E-state index contributed by atoms with van der Waals surface area (Å²) >= 11 is 0. The van der Waals surface area contributed by atoms with Crippen molar-refractivity contribution in [3.8, 4) is 0 Å². The summed E-state index contributed by atoms with van der Waals surface area (Å²) in [5.74, 6) is 1.26. The van der Waals surface area contributed by atoms with E-state index < -0.39 is 18.3 Å². The zero-order chi connectivity index (χ0) is 27.5. The first-order valence-corrected chi connectivity index (χ1v) is 15.7. The fourth-order valence-electron chi connectivity index (χ4n) is 7.97. The summed E-state index contributed by atoms with van der Waals surface area (Å²) in [5.41, 5.74) is 0. The lowest BCUT2D eigenvalue weighted by atomic mass is 9.72. The Morgan fingerprint density at radius 1 is 0.821 bits per heavy atom. The molecule has 4 fully saturated rings. The monoisotopic (exact) mass is 548 g/mol. The van der Waals surface area contributed by atoms with Crippen LogP contribution in [0, 0.1) is 29.6 Å². The normalized spacial score (nSPS) is 38.9. The van der Waals surface area contributed by atoms with Crippen molar-refractivity contribution in [1.82, 2.24) is 4.90 Å². The SMILES string of the molecule is O=C(CCC1CCC2C(=O)N(C3CCC(F)CC3)C(CCC3CC(C(=O)O)C3)=NC2C1)CC1CCC(F)CC1. The molecule has 3 atom stereocenters. The van der Waals surface area contributed by atoms with Gasteiger partial charge in [-0.25, -0.2) is 8.78 Å². The van der Waals surface area contributed by atoms with Gasteiger partial charge < -0.3 is 5.11 Å². The minimum atomic E-state index is -0.783. The number of nitrogens with zero attached hydrogens (tertiary/aromatic N) is 2. The molecule has 0 saturated heterocycles. The average molecular weight is 549 g/mol. The lowest BCUT2D eigenvalue weighted by molar-refractivity contribution is -0.146. The second kappa shape index (κ2) is 12.8. The molecule has 8 heteroatoms. The lowest BCUT2D eigenvalue weighted by Crippen LogP contribution is -2.55. The van der Waals surface area contributed by atoms with Crippen LogP contribution in [0.3, 0.4) is 0 Å². The number of carbonyl (C=O) groups is 3. The van der Waals surface area contributed by atoms with E-state index in [4.69, 9.17) is 4.99 Å². The van der Waals surface area contributed by atoms with Crippen molar-refractivity contribution < 1.29 is 28.3 Å². The molecule has 4 aliphatic carbocycles. The molecular formula is C31H46F2N2O4. The molecule has 0 radical (unpaired) electrons. The van der Waals surface area contributed by atoms with Gasteiger partial charge >= 0.3 is 5.97 Å². The van der Waals surface area contributed by atoms with Crippen LogP contribution in [0.4, 0.5) is 8.78 Å². The number of ketones is 1. The summed E-state index contributed by atoms with van der Waals surface area (Å²) in [5, 5.41) is 9.22. The first-order valence-electron chi connectivity index (χ1n) is 15.7. The van der Waals surface area contributed by atoms with Crippen LogP contribution in [0.25, 0.3) is 0 Å². The fraction of sp³-hybridized carbons (Fsp3) is 0.871. The minimum Gasteiger partial charge on any atom is -0.481 e. The van der Waals surface area contributed by atoms with Gasteiger partial charge in [0.1, 0.15) is 24.0 Å². The Morgan fingerprint density at radius 3 is 2.13 bits per heavy atom. The fourth-order valence-corrected chi connectivity index (χ4v) is 7.97. The predicted molar refractivity (Wildman–Crippen MR) is 145 cm³/mol. The molecule has 1 heterocycles. The standard InChI is InChI=1S/C31H46F2N2O4/c32-23-6-1-19(2-7-23)17-26(36)12-3-20-4-13-27-28(18-20)34-29(14-5-21-15-22(16-21)31(38)39)35(30(27)37)25-10-8-24(33)9-11-25/h19-25,27-28H,1-18H2,(H,38,39). The van der Waals surface area contributed by atoms with Crippen molar-refractivity contribution in [2.75, 3.05) is 0 Å². The van der Waals surface area contributed by atoms with E-state index in [0.29, 0.717) is 88.4 Å². The molecule has 0 aromatic rings. The molecule has 1 N–H and O–H groups in total.